The molecular formula is C24H24N6O4. The maximum Gasteiger partial charge on any atom is 0.298 e. The number of carbonyl (C=O) groups is 2. The van der Waals surface area contributed by atoms with Crippen LogP contribution in [0.2, 0.25) is 0 Å². The standard InChI is InChI=1S/C24H24N6O4/c31-21-17-3-1-2-4-18(17)25-23(27-21)29-9-7-28(8-10-29)22(32)16-5-6-19-20(15-16)34-24(26-19)30-11-13-33-14-12-30/h1-6,15,17H,7-14H2. The molecule has 1 aromatic heterocycles. The number of hydrogen-bond donors (Lipinski definition) is 0. The molecule has 0 bridgehead atoms. The first-order valence-corrected chi connectivity index (χ1v) is 11.5. The minimum atomic E-state index is -0.383. The highest BCUT2D eigenvalue weighted by Crippen LogP contribution is 2.25. The van der Waals surface area contributed by atoms with E-state index in [1.54, 1.807) is 17.0 Å². The number of benzene rings is 1. The lowest BCUT2D eigenvalue weighted by molar-refractivity contribution is -0.118. The van der Waals surface area contributed by atoms with E-state index >= 15 is 0 Å². The molecule has 10 heteroatoms. The van der Waals surface area contributed by atoms with E-state index in [2.05, 4.69) is 15.0 Å². The van der Waals surface area contributed by atoms with Crippen LogP contribution in [0.25, 0.3) is 11.1 Å². The third-order valence-corrected chi connectivity index (χ3v) is 6.46. The first-order chi connectivity index (χ1) is 16.7. The molecule has 4 aliphatic rings. The monoisotopic (exact) mass is 460 g/mol. The second-order valence-electron chi connectivity index (χ2n) is 8.57. The van der Waals surface area contributed by atoms with Crippen molar-refractivity contribution in [1.82, 2.24) is 14.8 Å². The molecule has 0 radical (unpaired) electrons. The number of aliphatic imine (C=N–C) groups is 2. The van der Waals surface area contributed by atoms with Gasteiger partial charge in [-0.05, 0) is 24.3 Å². The van der Waals surface area contributed by atoms with Crippen molar-refractivity contribution < 1.29 is 18.7 Å². The van der Waals surface area contributed by atoms with Crippen LogP contribution in [0.3, 0.4) is 0 Å². The molecule has 1 atom stereocenters. The van der Waals surface area contributed by atoms with Gasteiger partial charge in [0.05, 0.1) is 18.9 Å². The van der Waals surface area contributed by atoms with Crippen molar-refractivity contribution in [3.8, 4) is 0 Å². The molecule has 2 saturated heterocycles. The fraction of sp³-hybridized carbons (Fsp3) is 0.375. The molecule has 1 unspecified atom stereocenters. The highest BCUT2D eigenvalue weighted by Gasteiger charge is 2.31. The fourth-order valence-electron chi connectivity index (χ4n) is 4.52. The fourth-order valence-corrected chi connectivity index (χ4v) is 4.52. The van der Waals surface area contributed by atoms with Gasteiger partial charge in [-0.25, -0.2) is 4.99 Å². The van der Waals surface area contributed by atoms with Crippen molar-refractivity contribution in [3.05, 3.63) is 48.1 Å². The van der Waals surface area contributed by atoms with Gasteiger partial charge in [0.2, 0.25) is 5.96 Å². The van der Waals surface area contributed by atoms with Gasteiger partial charge in [-0.15, -0.1) is 0 Å². The molecule has 2 amide bonds. The molecule has 6 rings (SSSR count). The number of amides is 2. The molecule has 2 aromatic rings. The first-order valence-electron chi connectivity index (χ1n) is 11.5. The van der Waals surface area contributed by atoms with Gasteiger partial charge in [-0.2, -0.15) is 9.98 Å². The Bertz CT molecular complexity index is 1260. The predicted molar refractivity (Wildman–Crippen MR) is 126 cm³/mol. The first kappa shape index (κ1) is 20.8. The van der Waals surface area contributed by atoms with E-state index in [1.165, 1.54) is 0 Å². The number of fused-ring (bicyclic) bond motifs is 2. The van der Waals surface area contributed by atoms with Gasteiger partial charge in [0, 0.05) is 44.8 Å². The summed E-state index contributed by atoms with van der Waals surface area (Å²) in [6.07, 6.45) is 7.37. The number of guanidine groups is 1. The van der Waals surface area contributed by atoms with E-state index in [-0.39, 0.29) is 17.7 Å². The van der Waals surface area contributed by atoms with Gasteiger partial charge in [0.1, 0.15) is 11.4 Å². The number of allylic oxidation sites excluding steroid dienone is 3. The summed E-state index contributed by atoms with van der Waals surface area (Å²) < 4.78 is 11.3. The third-order valence-electron chi connectivity index (χ3n) is 6.46. The average molecular weight is 460 g/mol. The second kappa shape index (κ2) is 8.53. The molecule has 0 N–H and O–H groups in total. The number of carbonyl (C=O) groups excluding carboxylic acids is 2. The number of nitrogens with zero attached hydrogens (tertiary/aromatic N) is 6. The van der Waals surface area contributed by atoms with Crippen LogP contribution in [0.5, 0.6) is 0 Å². The maximum absolute atomic E-state index is 13.2. The Morgan fingerprint density at radius 3 is 2.62 bits per heavy atom. The summed E-state index contributed by atoms with van der Waals surface area (Å²) in [5.41, 5.74) is 2.61. The van der Waals surface area contributed by atoms with E-state index < -0.39 is 0 Å². The van der Waals surface area contributed by atoms with Gasteiger partial charge >= 0.3 is 0 Å². The normalized spacial score (nSPS) is 22.6. The summed E-state index contributed by atoms with van der Waals surface area (Å²) in [5, 5.41) is 0. The van der Waals surface area contributed by atoms with Crippen LogP contribution < -0.4 is 4.90 Å². The van der Waals surface area contributed by atoms with Crippen molar-refractivity contribution in [2.45, 2.75) is 0 Å². The summed E-state index contributed by atoms with van der Waals surface area (Å²) in [6, 6.07) is 5.95. The van der Waals surface area contributed by atoms with Crippen LogP contribution >= 0.6 is 0 Å². The zero-order chi connectivity index (χ0) is 23.1. The molecule has 4 heterocycles. The average Bonchev–Trinajstić information content (AvgIpc) is 3.32. The number of morpholine rings is 1. The lowest BCUT2D eigenvalue weighted by Gasteiger charge is -2.36. The minimum Gasteiger partial charge on any atom is -0.423 e. The van der Waals surface area contributed by atoms with Crippen LogP contribution in [0.1, 0.15) is 10.4 Å². The predicted octanol–water partition coefficient (Wildman–Crippen LogP) is 1.50. The molecule has 1 aromatic carbocycles. The largest absolute Gasteiger partial charge is 0.423 e. The molecule has 34 heavy (non-hydrogen) atoms. The van der Waals surface area contributed by atoms with Crippen LogP contribution in [-0.2, 0) is 9.53 Å². The summed E-state index contributed by atoms with van der Waals surface area (Å²) in [5.74, 6) is -0.205. The van der Waals surface area contributed by atoms with Crippen LogP contribution in [-0.4, -0.2) is 90.8 Å². The number of hydrogen-bond acceptors (Lipinski definition) is 8. The highest BCUT2D eigenvalue weighted by atomic mass is 16.5. The zero-order valence-electron chi connectivity index (χ0n) is 18.6. The zero-order valence-corrected chi connectivity index (χ0v) is 18.6. The van der Waals surface area contributed by atoms with Crippen molar-refractivity contribution in [2.24, 2.45) is 15.9 Å². The van der Waals surface area contributed by atoms with Crippen molar-refractivity contribution >= 4 is 40.6 Å². The van der Waals surface area contributed by atoms with E-state index in [9.17, 15) is 9.59 Å². The topological polar surface area (TPSA) is 104 Å². The number of rotatable bonds is 2. The van der Waals surface area contributed by atoms with Crippen molar-refractivity contribution in [2.75, 3.05) is 57.4 Å². The SMILES string of the molecule is O=C1N=C(N2CCN(C(=O)c3ccc4nc(N5CCOCC5)oc4c3)CC2)N=C2C=CC=CC12. The Morgan fingerprint density at radius 2 is 1.79 bits per heavy atom. The Balaban J connectivity index is 1.13. The number of piperazine rings is 1. The van der Waals surface area contributed by atoms with Gasteiger partial charge in [-0.3, -0.25) is 9.59 Å². The van der Waals surface area contributed by atoms with Crippen molar-refractivity contribution in [1.29, 1.82) is 0 Å². The Labute approximate surface area is 195 Å². The van der Waals surface area contributed by atoms with Gasteiger partial charge in [-0.1, -0.05) is 18.2 Å². The second-order valence-corrected chi connectivity index (χ2v) is 8.57. The van der Waals surface area contributed by atoms with Crippen LogP contribution in [0, 0.1) is 5.92 Å². The Kier molecular flexibility index (Phi) is 5.21. The maximum atomic E-state index is 13.2. The quantitative estimate of drug-likeness (QED) is 0.669. The highest BCUT2D eigenvalue weighted by molar-refractivity contribution is 6.21. The molecule has 0 saturated carbocycles. The lowest BCUT2D eigenvalue weighted by Crippen LogP contribution is -2.51. The van der Waals surface area contributed by atoms with E-state index in [0.717, 1.165) is 18.6 Å². The summed E-state index contributed by atoms with van der Waals surface area (Å²) >= 11 is 0. The minimum absolute atomic E-state index is 0.0562. The summed E-state index contributed by atoms with van der Waals surface area (Å²) in [6.45, 7) is 4.92. The van der Waals surface area contributed by atoms with Gasteiger partial charge in [0.15, 0.2) is 5.58 Å². The van der Waals surface area contributed by atoms with Gasteiger partial charge in [0.25, 0.3) is 17.8 Å². The summed E-state index contributed by atoms with van der Waals surface area (Å²) in [4.78, 5) is 44.7. The van der Waals surface area contributed by atoms with Crippen molar-refractivity contribution in [3.63, 3.8) is 0 Å². The number of ether oxygens (including phenoxy) is 1. The molecule has 3 aliphatic heterocycles. The molecule has 10 nitrogen and oxygen atoms in total. The molecule has 174 valence electrons. The molecule has 2 fully saturated rings. The number of anilines is 1. The van der Waals surface area contributed by atoms with E-state index in [1.807, 2.05) is 40.2 Å². The van der Waals surface area contributed by atoms with E-state index in [0.29, 0.717) is 68.2 Å². The third kappa shape index (κ3) is 3.79. The number of oxazole rings is 1. The van der Waals surface area contributed by atoms with Crippen LogP contribution in [0.4, 0.5) is 6.01 Å². The lowest BCUT2D eigenvalue weighted by atomic mass is 9.97. The molecule has 1 aliphatic carbocycles. The van der Waals surface area contributed by atoms with E-state index in [4.69, 9.17) is 9.15 Å². The van der Waals surface area contributed by atoms with Crippen LogP contribution in [0.15, 0.2) is 56.9 Å². The Morgan fingerprint density at radius 1 is 0.971 bits per heavy atom. The van der Waals surface area contributed by atoms with Gasteiger partial charge < -0.3 is 23.9 Å². The molecule has 0 spiro atoms. The molecular weight excluding hydrogens is 436 g/mol. The Hall–Kier alpha value is -3.79. The number of aromatic nitrogens is 1. The summed E-state index contributed by atoms with van der Waals surface area (Å²) in [7, 11) is 0. The smallest absolute Gasteiger partial charge is 0.298 e.